The van der Waals surface area contributed by atoms with E-state index in [1.165, 1.54) is 36.3 Å². The van der Waals surface area contributed by atoms with Gasteiger partial charge in [-0.1, -0.05) is 17.3 Å². The monoisotopic (exact) mass is 450 g/mol. The normalized spacial score (nSPS) is 15.1. The van der Waals surface area contributed by atoms with Gasteiger partial charge in [-0.3, -0.25) is 0 Å². The summed E-state index contributed by atoms with van der Waals surface area (Å²) in [4.78, 5) is 8.06. The quantitative estimate of drug-likeness (QED) is 0.527. The van der Waals surface area contributed by atoms with E-state index in [1.807, 2.05) is 0 Å². The number of thiophene rings is 1. The number of nitrogens with one attached hydrogen (secondary N) is 1. The number of likely N-dealkylation sites (tertiary alicyclic amines) is 1. The van der Waals surface area contributed by atoms with Crippen molar-refractivity contribution in [2.24, 2.45) is 0 Å². The Morgan fingerprint density at radius 1 is 1.27 bits per heavy atom. The molecule has 1 N–H and O–H groups in total. The van der Waals surface area contributed by atoms with Gasteiger partial charge in [0.2, 0.25) is 15.8 Å². The fourth-order valence-electron chi connectivity index (χ4n) is 3.50. The third-order valence-corrected chi connectivity index (χ3v) is 7.78. The molecule has 0 radical (unpaired) electrons. The average molecular weight is 451 g/mol. The molecular formula is C20H23FN4O3S2. The molecule has 2 aromatic heterocycles. The number of halogens is 1. The Morgan fingerprint density at radius 2 is 2.07 bits per heavy atom. The van der Waals surface area contributed by atoms with Crippen molar-refractivity contribution in [1.82, 2.24) is 19.8 Å². The minimum absolute atomic E-state index is 0.206. The molecule has 1 saturated heterocycles. The number of rotatable bonds is 8. The molecular weight excluding hydrogens is 427 g/mol. The third kappa shape index (κ3) is 4.77. The van der Waals surface area contributed by atoms with Crippen molar-refractivity contribution in [2.45, 2.75) is 31.1 Å². The summed E-state index contributed by atoms with van der Waals surface area (Å²) >= 11 is 1.27. The van der Waals surface area contributed by atoms with Crippen molar-refractivity contribution in [2.75, 3.05) is 26.2 Å². The number of benzene rings is 1. The van der Waals surface area contributed by atoms with Gasteiger partial charge in [-0.2, -0.15) is 4.98 Å². The third-order valence-electron chi connectivity index (χ3n) is 5.02. The van der Waals surface area contributed by atoms with Crippen LogP contribution >= 0.6 is 11.3 Å². The van der Waals surface area contributed by atoms with Gasteiger partial charge in [-0.05, 0) is 64.0 Å². The summed E-state index contributed by atoms with van der Waals surface area (Å²) in [6, 6.07) is 7.44. The molecule has 1 aliphatic heterocycles. The van der Waals surface area contributed by atoms with Crippen LogP contribution in [0.5, 0.6) is 0 Å². The van der Waals surface area contributed by atoms with Crippen molar-refractivity contribution < 1.29 is 17.3 Å². The number of hydrogen-bond donors (Lipinski definition) is 1. The van der Waals surface area contributed by atoms with Crippen LogP contribution in [0.4, 0.5) is 4.39 Å². The van der Waals surface area contributed by atoms with Crippen LogP contribution in [0.1, 0.15) is 24.1 Å². The van der Waals surface area contributed by atoms with Gasteiger partial charge in [0.25, 0.3) is 5.89 Å². The lowest BCUT2D eigenvalue weighted by atomic mass is 10.2. The zero-order valence-electron chi connectivity index (χ0n) is 16.6. The molecule has 160 valence electrons. The van der Waals surface area contributed by atoms with Crippen LogP contribution in [0, 0.1) is 12.7 Å². The standard InChI is InChI=1S/C20H23FN4O3S2/c1-14-18(30(26,27)22-8-5-11-25-9-2-3-10-25)13-17(29-14)20-23-19(24-28-20)15-6-4-7-16(21)12-15/h4,6-7,12-13,22H,2-3,5,8-11H2,1H3. The van der Waals surface area contributed by atoms with Crippen molar-refractivity contribution in [1.29, 1.82) is 0 Å². The second kappa shape index (κ2) is 8.93. The number of aryl methyl sites for hydroxylation is 1. The Balaban J connectivity index is 1.44. The summed E-state index contributed by atoms with van der Waals surface area (Å²) in [5.41, 5.74) is 0.491. The van der Waals surface area contributed by atoms with E-state index in [-0.39, 0.29) is 16.6 Å². The predicted molar refractivity (Wildman–Crippen MR) is 113 cm³/mol. The smallest absolute Gasteiger partial charge is 0.268 e. The SMILES string of the molecule is Cc1sc(-c2nc(-c3cccc(F)c3)no2)cc1S(=O)(=O)NCCCN1CCCC1. The molecule has 0 atom stereocenters. The van der Waals surface area contributed by atoms with Gasteiger partial charge in [-0.15, -0.1) is 11.3 Å². The molecule has 0 saturated carbocycles. The van der Waals surface area contributed by atoms with Crippen LogP contribution in [-0.4, -0.2) is 49.6 Å². The maximum Gasteiger partial charge on any atom is 0.268 e. The largest absolute Gasteiger partial charge is 0.333 e. The fourth-order valence-corrected chi connectivity index (χ4v) is 6.08. The predicted octanol–water partition coefficient (Wildman–Crippen LogP) is 3.68. The van der Waals surface area contributed by atoms with Crippen LogP contribution in [0.15, 0.2) is 39.8 Å². The molecule has 3 heterocycles. The first-order valence-electron chi connectivity index (χ1n) is 9.85. The molecule has 3 aromatic rings. The zero-order valence-corrected chi connectivity index (χ0v) is 18.2. The number of nitrogens with zero attached hydrogens (tertiary/aromatic N) is 3. The van der Waals surface area contributed by atoms with Crippen LogP contribution < -0.4 is 4.72 Å². The maximum atomic E-state index is 13.4. The van der Waals surface area contributed by atoms with Crippen LogP contribution in [0.3, 0.4) is 0 Å². The Labute approximate surface area is 179 Å². The molecule has 1 aromatic carbocycles. The van der Waals surface area contributed by atoms with E-state index in [4.69, 9.17) is 4.52 Å². The second-order valence-electron chi connectivity index (χ2n) is 7.26. The van der Waals surface area contributed by atoms with Gasteiger partial charge in [0, 0.05) is 17.0 Å². The topological polar surface area (TPSA) is 88.3 Å². The fraction of sp³-hybridized carbons (Fsp3) is 0.400. The average Bonchev–Trinajstić information content (AvgIpc) is 3.46. The van der Waals surface area contributed by atoms with Gasteiger partial charge in [0.1, 0.15) is 5.82 Å². The Morgan fingerprint density at radius 3 is 2.83 bits per heavy atom. The van der Waals surface area contributed by atoms with Crippen molar-refractivity contribution in [3.63, 3.8) is 0 Å². The molecule has 0 spiro atoms. The van der Waals surface area contributed by atoms with Gasteiger partial charge >= 0.3 is 0 Å². The first-order valence-corrected chi connectivity index (χ1v) is 12.1. The van der Waals surface area contributed by atoms with Crippen molar-refractivity contribution >= 4 is 21.4 Å². The first kappa shape index (κ1) is 21.1. The lowest BCUT2D eigenvalue weighted by Gasteiger charge is -2.14. The highest BCUT2D eigenvalue weighted by atomic mass is 32.2. The molecule has 0 bridgehead atoms. The van der Waals surface area contributed by atoms with Gasteiger partial charge < -0.3 is 9.42 Å². The molecule has 0 unspecified atom stereocenters. The lowest BCUT2D eigenvalue weighted by molar-refractivity contribution is 0.334. The number of sulfonamides is 1. The Hall–Kier alpha value is -2.14. The van der Waals surface area contributed by atoms with E-state index >= 15 is 0 Å². The van der Waals surface area contributed by atoms with Gasteiger partial charge in [-0.25, -0.2) is 17.5 Å². The van der Waals surface area contributed by atoms with E-state index in [0.717, 1.165) is 26.1 Å². The lowest BCUT2D eigenvalue weighted by Crippen LogP contribution is -2.28. The van der Waals surface area contributed by atoms with Crippen LogP contribution in [0.25, 0.3) is 22.2 Å². The van der Waals surface area contributed by atoms with Crippen molar-refractivity contribution in [3.8, 4) is 22.2 Å². The highest BCUT2D eigenvalue weighted by molar-refractivity contribution is 7.89. The first-order chi connectivity index (χ1) is 14.4. The molecule has 4 rings (SSSR count). The molecule has 0 amide bonds. The van der Waals surface area contributed by atoms with Crippen LogP contribution in [-0.2, 0) is 10.0 Å². The summed E-state index contributed by atoms with van der Waals surface area (Å²) in [7, 11) is -3.62. The van der Waals surface area contributed by atoms with E-state index in [2.05, 4.69) is 19.8 Å². The summed E-state index contributed by atoms with van der Waals surface area (Å²) in [5, 5.41) is 3.89. The molecule has 1 fully saturated rings. The molecule has 1 aliphatic rings. The Bertz CT molecular complexity index is 1120. The molecule has 7 nitrogen and oxygen atoms in total. The minimum atomic E-state index is -3.62. The van der Waals surface area contributed by atoms with E-state index in [9.17, 15) is 12.8 Å². The number of aromatic nitrogens is 2. The summed E-state index contributed by atoms with van der Waals surface area (Å²) in [6.07, 6.45) is 3.22. The second-order valence-corrected chi connectivity index (χ2v) is 10.3. The zero-order chi connectivity index (χ0) is 21.1. The van der Waals surface area contributed by atoms with Crippen LogP contribution in [0.2, 0.25) is 0 Å². The highest BCUT2D eigenvalue weighted by Crippen LogP contribution is 2.33. The van der Waals surface area contributed by atoms with Crippen molar-refractivity contribution in [3.05, 3.63) is 41.0 Å². The highest BCUT2D eigenvalue weighted by Gasteiger charge is 2.23. The Kier molecular flexibility index (Phi) is 6.28. The van der Waals surface area contributed by atoms with Gasteiger partial charge in [0.15, 0.2) is 0 Å². The summed E-state index contributed by atoms with van der Waals surface area (Å²) < 4.78 is 46.9. The number of hydrogen-bond acceptors (Lipinski definition) is 7. The molecule has 10 heteroatoms. The molecule has 0 aliphatic carbocycles. The van der Waals surface area contributed by atoms with Gasteiger partial charge in [0.05, 0.1) is 9.77 Å². The van der Waals surface area contributed by atoms with E-state index in [0.29, 0.717) is 21.9 Å². The summed E-state index contributed by atoms with van der Waals surface area (Å²) in [5.74, 6) is 0.0628. The minimum Gasteiger partial charge on any atom is -0.333 e. The molecule has 30 heavy (non-hydrogen) atoms. The summed E-state index contributed by atoms with van der Waals surface area (Å²) in [6.45, 7) is 5.24. The van der Waals surface area contributed by atoms with E-state index < -0.39 is 15.8 Å². The van der Waals surface area contributed by atoms with E-state index in [1.54, 1.807) is 25.1 Å². The maximum absolute atomic E-state index is 13.4.